The van der Waals surface area contributed by atoms with Gasteiger partial charge in [0.05, 0.1) is 17.3 Å². The fourth-order valence-corrected chi connectivity index (χ4v) is 4.63. The van der Waals surface area contributed by atoms with Crippen LogP contribution in [0.15, 0.2) is 42.7 Å². The van der Waals surface area contributed by atoms with Crippen LogP contribution in [0.3, 0.4) is 0 Å². The van der Waals surface area contributed by atoms with Crippen molar-refractivity contribution in [2.45, 2.75) is 37.5 Å². The molecule has 0 spiro atoms. The van der Waals surface area contributed by atoms with Crippen LogP contribution >= 0.6 is 11.6 Å². The predicted octanol–water partition coefficient (Wildman–Crippen LogP) is 4.98. The number of fused-ring (bicyclic) bond motifs is 2. The Balaban J connectivity index is 1.45. The first-order valence-corrected chi connectivity index (χ1v) is 8.47. The summed E-state index contributed by atoms with van der Waals surface area (Å²) in [5.41, 5.74) is 2.25. The fourth-order valence-electron chi connectivity index (χ4n) is 4.29. The van der Waals surface area contributed by atoms with Crippen molar-refractivity contribution in [2.24, 2.45) is 17.8 Å². The van der Waals surface area contributed by atoms with Crippen LogP contribution in [0.4, 0.5) is 0 Å². The molecule has 4 rings (SSSR count). The fraction of sp³-hybridized carbons (Fsp3) is 0.500. The zero-order valence-electron chi connectivity index (χ0n) is 12.2. The standard InChI is InChI=1S/C18H21ClN2/c19-18(10-15-9-13-6-7-14(15)8-13)16-11-20-21(12-16)17-4-2-1-3-5-17/h1-5,11-15,18H,6-10H2. The molecule has 0 amide bonds. The van der Waals surface area contributed by atoms with Crippen molar-refractivity contribution in [3.05, 3.63) is 48.3 Å². The van der Waals surface area contributed by atoms with E-state index in [9.17, 15) is 0 Å². The van der Waals surface area contributed by atoms with Gasteiger partial charge in [-0.3, -0.25) is 0 Å². The lowest BCUT2D eigenvalue weighted by Gasteiger charge is -2.23. The molecule has 2 aliphatic rings. The van der Waals surface area contributed by atoms with E-state index in [1.54, 1.807) is 0 Å². The van der Waals surface area contributed by atoms with Gasteiger partial charge in [0.25, 0.3) is 0 Å². The predicted molar refractivity (Wildman–Crippen MR) is 85.7 cm³/mol. The lowest BCUT2D eigenvalue weighted by atomic mass is 9.85. The largest absolute Gasteiger partial charge is 0.241 e. The van der Waals surface area contributed by atoms with Crippen LogP contribution in [0.1, 0.15) is 43.0 Å². The zero-order valence-corrected chi connectivity index (χ0v) is 12.9. The maximum absolute atomic E-state index is 6.67. The van der Waals surface area contributed by atoms with Gasteiger partial charge in [-0.05, 0) is 55.6 Å². The van der Waals surface area contributed by atoms with Crippen molar-refractivity contribution in [3.8, 4) is 5.69 Å². The van der Waals surface area contributed by atoms with E-state index in [4.69, 9.17) is 11.6 Å². The van der Waals surface area contributed by atoms with E-state index in [2.05, 4.69) is 23.4 Å². The quantitative estimate of drug-likeness (QED) is 0.728. The maximum atomic E-state index is 6.67. The first kappa shape index (κ1) is 13.4. The number of benzene rings is 1. The molecule has 0 saturated heterocycles. The highest BCUT2D eigenvalue weighted by molar-refractivity contribution is 6.20. The van der Waals surface area contributed by atoms with Crippen LogP contribution in [-0.4, -0.2) is 9.78 Å². The van der Waals surface area contributed by atoms with Crippen molar-refractivity contribution < 1.29 is 0 Å². The van der Waals surface area contributed by atoms with E-state index in [0.29, 0.717) is 0 Å². The zero-order chi connectivity index (χ0) is 14.2. The van der Waals surface area contributed by atoms with Crippen molar-refractivity contribution in [2.75, 3.05) is 0 Å². The van der Waals surface area contributed by atoms with Crippen molar-refractivity contribution >= 4 is 11.6 Å². The van der Waals surface area contributed by atoms with Gasteiger partial charge in [0.2, 0.25) is 0 Å². The van der Waals surface area contributed by atoms with Gasteiger partial charge in [-0.15, -0.1) is 11.6 Å². The number of halogens is 1. The summed E-state index contributed by atoms with van der Waals surface area (Å²) >= 11 is 6.67. The van der Waals surface area contributed by atoms with Crippen LogP contribution < -0.4 is 0 Å². The molecule has 2 aromatic rings. The van der Waals surface area contributed by atoms with E-state index in [1.807, 2.05) is 29.1 Å². The SMILES string of the molecule is ClC(CC1CC2CCC1C2)c1cnn(-c2ccccc2)c1. The van der Waals surface area contributed by atoms with Crippen molar-refractivity contribution in [1.29, 1.82) is 0 Å². The van der Waals surface area contributed by atoms with Gasteiger partial charge in [0.1, 0.15) is 0 Å². The van der Waals surface area contributed by atoms with E-state index < -0.39 is 0 Å². The minimum Gasteiger partial charge on any atom is -0.241 e. The molecule has 21 heavy (non-hydrogen) atoms. The van der Waals surface area contributed by atoms with Gasteiger partial charge >= 0.3 is 0 Å². The average Bonchev–Trinajstić information content (AvgIpc) is 3.24. The number of alkyl halides is 1. The Hall–Kier alpha value is -1.28. The molecular formula is C18H21ClN2. The summed E-state index contributed by atoms with van der Waals surface area (Å²) in [7, 11) is 0. The summed E-state index contributed by atoms with van der Waals surface area (Å²) in [5, 5.41) is 4.57. The van der Waals surface area contributed by atoms with Gasteiger partial charge in [0.15, 0.2) is 0 Å². The number of aromatic nitrogens is 2. The molecular weight excluding hydrogens is 280 g/mol. The lowest BCUT2D eigenvalue weighted by Crippen LogP contribution is -2.12. The Kier molecular flexibility index (Phi) is 3.50. The van der Waals surface area contributed by atoms with Gasteiger partial charge in [0, 0.05) is 11.8 Å². The molecule has 4 unspecified atom stereocenters. The number of rotatable bonds is 4. The summed E-state index contributed by atoms with van der Waals surface area (Å²) in [6.45, 7) is 0. The summed E-state index contributed by atoms with van der Waals surface area (Å²) in [5.74, 6) is 2.78. The molecule has 0 aliphatic heterocycles. The van der Waals surface area contributed by atoms with Crippen LogP contribution in [0, 0.1) is 17.8 Å². The molecule has 0 radical (unpaired) electrons. The third kappa shape index (κ3) is 2.62. The minimum atomic E-state index is 0.104. The molecule has 1 aromatic heterocycles. The molecule has 2 fully saturated rings. The van der Waals surface area contributed by atoms with E-state index in [1.165, 1.54) is 25.7 Å². The van der Waals surface area contributed by atoms with Gasteiger partial charge in [-0.2, -0.15) is 5.10 Å². The summed E-state index contributed by atoms with van der Waals surface area (Å²) < 4.78 is 1.92. The van der Waals surface area contributed by atoms with Crippen LogP contribution in [0.25, 0.3) is 5.69 Å². The molecule has 1 aromatic carbocycles. The maximum Gasteiger partial charge on any atom is 0.0645 e. The van der Waals surface area contributed by atoms with Gasteiger partial charge in [-0.25, -0.2) is 4.68 Å². The highest BCUT2D eigenvalue weighted by Crippen LogP contribution is 2.51. The Labute approximate surface area is 131 Å². The Bertz CT molecular complexity index is 607. The average molecular weight is 301 g/mol. The molecule has 0 N–H and O–H groups in total. The Morgan fingerprint density at radius 3 is 2.76 bits per heavy atom. The molecule has 4 atom stereocenters. The van der Waals surface area contributed by atoms with Gasteiger partial charge < -0.3 is 0 Å². The second-order valence-corrected chi connectivity index (χ2v) is 7.22. The molecule has 110 valence electrons. The number of para-hydroxylation sites is 1. The monoisotopic (exact) mass is 300 g/mol. The number of hydrogen-bond acceptors (Lipinski definition) is 1. The smallest absolute Gasteiger partial charge is 0.0645 e. The molecule has 3 heteroatoms. The van der Waals surface area contributed by atoms with Crippen LogP contribution in [-0.2, 0) is 0 Å². The second-order valence-electron chi connectivity index (χ2n) is 6.69. The van der Waals surface area contributed by atoms with E-state index in [0.717, 1.165) is 35.4 Å². The van der Waals surface area contributed by atoms with Crippen LogP contribution in [0.5, 0.6) is 0 Å². The molecule has 2 bridgehead atoms. The van der Waals surface area contributed by atoms with E-state index >= 15 is 0 Å². The number of nitrogens with zero attached hydrogens (tertiary/aromatic N) is 2. The second kappa shape index (κ2) is 5.49. The molecule has 1 heterocycles. The lowest BCUT2D eigenvalue weighted by molar-refractivity contribution is 0.312. The topological polar surface area (TPSA) is 17.8 Å². The normalized spacial score (nSPS) is 28.9. The summed E-state index contributed by atoms with van der Waals surface area (Å²) in [6.07, 6.45) is 10.9. The minimum absolute atomic E-state index is 0.104. The van der Waals surface area contributed by atoms with E-state index in [-0.39, 0.29) is 5.38 Å². The van der Waals surface area contributed by atoms with Crippen molar-refractivity contribution in [1.82, 2.24) is 9.78 Å². The summed E-state index contributed by atoms with van der Waals surface area (Å²) in [6, 6.07) is 10.2. The third-order valence-electron chi connectivity index (χ3n) is 5.38. The first-order chi connectivity index (χ1) is 10.3. The van der Waals surface area contributed by atoms with Crippen LogP contribution in [0.2, 0.25) is 0 Å². The summed E-state index contributed by atoms with van der Waals surface area (Å²) in [4.78, 5) is 0. The highest BCUT2D eigenvalue weighted by atomic mass is 35.5. The molecule has 2 saturated carbocycles. The van der Waals surface area contributed by atoms with Crippen molar-refractivity contribution in [3.63, 3.8) is 0 Å². The third-order valence-corrected chi connectivity index (χ3v) is 5.81. The first-order valence-electron chi connectivity index (χ1n) is 8.03. The Morgan fingerprint density at radius 1 is 1.19 bits per heavy atom. The Morgan fingerprint density at radius 2 is 2.05 bits per heavy atom. The van der Waals surface area contributed by atoms with Gasteiger partial charge in [-0.1, -0.05) is 24.6 Å². The molecule has 2 aliphatic carbocycles. The number of hydrogen-bond donors (Lipinski definition) is 0. The highest BCUT2D eigenvalue weighted by Gasteiger charge is 2.40. The molecule has 2 nitrogen and oxygen atoms in total.